The molecule has 2 fully saturated rings. The Balaban J connectivity index is 1.21. The summed E-state index contributed by atoms with van der Waals surface area (Å²) in [6.45, 7) is 1.37. The first-order valence-corrected chi connectivity index (χ1v) is 11.1. The van der Waals surface area contributed by atoms with Crippen molar-refractivity contribution in [2.75, 3.05) is 32.1 Å². The Morgan fingerprint density at radius 3 is 2.48 bits per heavy atom. The van der Waals surface area contributed by atoms with Crippen molar-refractivity contribution in [3.8, 4) is 0 Å². The van der Waals surface area contributed by atoms with E-state index >= 15 is 0 Å². The van der Waals surface area contributed by atoms with E-state index in [0.717, 1.165) is 30.5 Å². The number of anilines is 1. The Kier molecular flexibility index (Phi) is 5.08. The van der Waals surface area contributed by atoms with Crippen LogP contribution >= 0.6 is 0 Å². The molecule has 0 spiro atoms. The third kappa shape index (κ3) is 3.64. The van der Waals surface area contributed by atoms with Gasteiger partial charge in [0.2, 0.25) is 5.91 Å². The minimum absolute atomic E-state index is 0.0196. The van der Waals surface area contributed by atoms with Crippen LogP contribution in [0.3, 0.4) is 0 Å². The van der Waals surface area contributed by atoms with Crippen LogP contribution in [0.15, 0.2) is 48.5 Å². The van der Waals surface area contributed by atoms with Crippen molar-refractivity contribution >= 4 is 17.7 Å². The lowest BCUT2D eigenvalue weighted by Gasteiger charge is -2.38. The number of rotatable bonds is 4. The van der Waals surface area contributed by atoms with Crippen molar-refractivity contribution in [1.29, 1.82) is 0 Å². The standard InChI is InChI=1S/C25H29N3O3/c1-26(2)19-9-7-17(8-10-19)15-23(29)27-13-11-20(12-14-27)28-24-21-6-4-3-5-18(21)16-22(24)31-25(28)30/h3-10,20,22,24H,11-16H2,1-2H3/t22-,24+/m1/s1. The summed E-state index contributed by atoms with van der Waals surface area (Å²) in [7, 11) is 4.01. The van der Waals surface area contributed by atoms with Gasteiger partial charge in [-0.15, -0.1) is 0 Å². The quantitative estimate of drug-likeness (QED) is 0.762. The minimum Gasteiger partial charge on any atom is -0.443 e. The molecule has 162 valence electrons. The van der Waals surface area contributed by atoms with E-state index in [-0.39, 0.29) is 30.2 Å². The van der Waals surface area contributed by atoms with E-state index in [1.54, 1.807) is 0 Å². The number of hydrogen-bond donors (Lipinski definition) is 0. The predicted molar refractivity (Wildman–Crippen MR) is 119 cm³/mol. The molecule has 6 heteroatoms. The van der Waals surface area contributed by atoms with Gasteiger partial charge >= 0.3 is 6.09 Å². The summed E-state index contributed by atoms with van der Waals surface area (Å²) in [4.78, 5) is 31.4. The number of carbonyl (C=O) groups is 2. The molecule has 2 saturated heterocycles. The van der Waals surface area contributed by atoms with Gasteiger partial charge in [0.15, 0.2) is 0 Å². The number of ether oxygens (including phenoxy) is 1. The number of fused-ring (bicyclic) bond motifs is 3. The topological polar surface area (TPSA) is 53.1 Å². The van der Waals surface area contributed by atoms with Gasteiger partial charge in [-0.25, -0.2) is 4.79 Å². The van der Waals surface area contributed by atoms with Crippen LogP contribution in [0, 0.1) is 0 Å². The van der Waals surface area contributed by atoms with E-state index in [1.807, 2.05) is 65.2 Å². The molecule has 2 amide bonds. The molecule has 0 N–H and O–H groups in total. The normalized spacial score (nSPS) is 22.8. The first-order chi connectivity index (χ1) is 15.0. The lowest BCUT2D eigenvalue weighted by atomic mass is 9.98. The summed E-state index contributed by atoms with van der Waals surface area (Å²) < 4.78 is 5.72. The molecule has 0 aromatic heterocycles. The van der Waals surface area contributed by atoms with Gasteiger partial charge in [-0.3, -0.25) is 9.69 Å². The molecular weight excluding hydrogens is 390 g/mol. The van der Waals surface area contributed by atoms with E-state index < -0.39 is 0 Å². The fourth-order valence-corrected chi connectivity index (χ4v) is 5.24. The SMILES string of the molecule is CN(C)c1ccc(CC(=O)N2CCC(N3C(=O)O[C@@H]4Cc5ccccc5[C@@H]43)CC2)cc1. The maximum atomic E-state index is 12.8. The number of likely N-dealkylation sites (tertiary alicyclic amines) is 1. The fraction of sp³-hybridized carbons (Fsp3) is 0.440. The lowest BCUT2D eigenvalue weighted by molar-refractivity contribution is -0.131. The summed E-state index contributed by atoms with van der Waals surface area (Å²) in [6.07, 6.45) is 2.54. The van der Waals surface area contributed by atoms with Crippen LogP contribution in [-0.2, 0) is 22.4 Å². The molecule has 2 heterocycles. The molecule has 6 nitrogen and oxygen atoms in total. The maximum Gasteiger partial charge on any atom is 0.411 e. The molecule has 31 heavy (non-hydrogen) atoms. The summed E-state index contributed by atoms with van der Waals surface area (Å²) in [5.41, 5.74) is 4.66. The van der Waals surface area contributed by atoms with Crippen molar-refractivity contribution in [3.05, 3.63) is 65.2 Å². The Morgan fingerprint density at radius 1 is 1.06 bits per heavy atom. The first-order valence-electron chi connectivity index (χ1n) is 11.1. The summed E-state index contributed by atoms with van der Waals surface area (Å²) in [5, 5.41) is 0. The van der Waals surface area contributed by atoms with Gasteiger partial charge in [0.1, 0.15) is 6.10 Å². The smallest absolute Gasteiger partial charge is 0.411 e. The minimum atomic E-state index is -0.199. The molecular formula is C25H29N3O3. The number of carbonyl (C=O) groups excluding carboxylic acids is 2. The van der Waals surface area contributed by atoms with Crippen molar-refractivity contribution in [3.63, 3.8) is 0 Å². The Morgan fingerprint density at radius 2 is 1.77 bits per heavy atom. The van der Waals surface area contributed by atoms with Crippen LogP contribution in [0.2, 0.25) is 0 Å². The van der Waals surface area contributed by atoms with Gasteiger partial charge in [-0.2, -0.15) is 0 Å². The Hall–Kier alpha value is -3.02. The highest BCUT2D eigenvalue weighted by atomic mass is 16.6. The summed E-state index contributed by atoms with van der Waals surface area (Å²) in [6, 6.07) is 16.6. The number of hydrogen-bond acceptors (Lipinski definition) is 4. The van der Waals surface area contributed by atoms with Gasteiger partial charge in [-0.1, -0.05) is 36.4 Å². The van der Waals surface area contributed by atoms with Crippen LogP contribution in [0.1, 0.15) is 35.6 Å². The van der Waals surface area contributed by atoms with Crippen LogP contribution in [0.5, 0.6) is 0 Å². The van der Waals surface area contributed by atoms with E-state index in [2.05, 4.69) is 12.1 Å². The first kappa shape index (κ1) is 19.9. The van der Waals surface area contributed by atoms with Gasteiger partial charge < -0.3 is 14.5 Å². The molecule has 0 unspecified atom stereocenters. The monoisotopic (exact) mass is 419 g/mol. The highest BCUT2D eigenvalue weighted by Gasteiger charge is 2.50. The molecule has 2 atom stereocenters. The zero-order chi connectivity index (χ0) is 21.5. The molecule has 0 bridgehead atoms. The largest absolute Gasteiger partial charge is 0.443 e. The predicted octanol–water partition coefficient (Wildman–Crippen LogP) is 3.40. The second-order valence-electron chi connectivity index (χ2n) is 9.03. The second kappa shape index (κ2) is 7.91. The molecule has 2 aromatic rings. The molecule has 5 rings (SSSR count). The Labute approximate surface area is 183 Å². The third-order valence-electron chi connectivity index (χ3n) is 6.93. The molecule has 0 radical (unpaired) electrons. The molecule has 3 aliphatic rings. The van der Waals surface area contributed by atoms with Crippen molar-refractivity contribution in [1.82, 2.24) is 9.80 Å². The van der Waals surface area contributed by atoms with Crippen LogP contribution in [-0.4, -0.2) is 61.1 Å². The van der Waals surface area contributed by atoms with Crippen LogP contribution < -0.4 is 4.90 Å². The average molecular weight is 420 g/mol. The van der Waals surface area contributed by atoms with Gasteiger partial charge in [-0.05, 0) is 41.7 Å². The van der Waals surface area contributed by atoms with E-state index in [9.17, 15) is 9.59 Å². The van der Waals surface area contributed by atoms with Crippen LogP contribution in [0.4, 0.5) is 10.5 Å². The molecule has 2 aliphatic heterocycles. The van der Waals surface area contributed by atoms with Crippen molar-refractivity contribution < 1.29 is 14.3 Å². The fourth-order valence-electron chi connectivity index (χ4n) is 5.24. The van der Waals surface area contributed by atoms with Gasteiger partial charge in [0.25, 0.3) is 0 Å². The maximum absolute atomic E-state index is 12.8. The number of nitrogens with zero attached hydrogens (tertiary/aromatic N) is 3. The second-order valence-corrected chi connectivity index (χ2v) is 9.03. The zero-order valence-electron chi connectivity index (χ0n) is 18.2. The summed E-state index contributed by atoms with van der Waals surface area (Å²) in [5.74, 6) is 0.157. The highest BCUT2D eigenvalue weighted by molar-refractivity contribution is 5.79. The van der Waals surface area contributed by atoms with E-state index in [0.29, 0.717) is 19.5 Å². The summed E-state index contributed by atoms with van der Waals surface area (Å²) >= 11 is 0. The number of amides is 2. The van der Waals surface area contributed by atoms with Crippen molar-refractivity contribution in [2.45, 2.75) is 43.9 Å². The van der Waals surface area contributed by atoms with Crippen LogP contribution in [0.25, 0.3) is 0 Å². The molecule has 0 saturated carbocycles. The molecule has 1 aliphatic carbocycles. The Bertz CT molecular complexity index is 980. The van der Waals surface area contributed by atoms with E-state index in [4.69, 9.17) is 4.74 Å². The zero-order valence-corrected chi connectivity index (χ0v) is 18.2. The number of benzene rings is 2. The van der Waals surface area contributed by atoms with Gasteiger partial charge in [0, 0.05) is 45.3 Å². The average Bonchev–Trinajstić information content (AvgIpc) is 3.28. The van der Waals surface area contributed by atoms with Gasteiger partial charge in [0.05, 0.1) is 12.5 Å². The van der Waals surface area contributed by atoms with Crippen molar-refractivity contribution in [2.24, 2.45) is 0 Å². The third-order valence-corrected chi connectivity index (χ3v) is 6.93. The number of piperidine rings is 1. The highest BCUT2D eigenvalue weighted by Crippen LogP contribution is 2.44. The van der Waals surface area contributed by atoms with E-state index in [1.165, 1.54) is 11.1 Å². The molecule has 2 aromatic carbocycles. The lowest BCUT2D eigenvalue weighted by Crippen LogP contribution is -2.48.